The third kappa shape index (κ3) is 6.15. The van der Waals surface area contributed by atoms with E-state index in [4.69, 9.17) is 0 Å². The molecule has 0 atom stereocenters. The van der Waals surface area contributed by atoms with Crippen molar-refractivity contribution < 1.29 is 23.5 Å². The van der Waals surface area contributed by atoms with Crippen molar-refractivity contribution in [1.29, 1.82) is 0 Å². The van der Waals surface area contributed by atoms with Crippen molar-refractivity contribution in [3.63, 3.8) is 0 Å². The van der Waals surface area contributed by atoms with Gasteiger partial charge in [0.05, 0.1) is 0 Å². The molecule has 2 rings (SSSR count). The number of benzene rings is 1. The summed E-state index contributed by atoms with van der Waals surface area (Å²) in [6.07, 6.45) is 9.56. The Bertz CT molecular complexity index is 791. The lowest BCUT2D eigenvalue weighted by atomic mass is 9.69. The Morgan fingerprint density at radius 2 is 1.71 bits per heavy atom. The summed E-state index contributed by atoms with van der Waals surface area (Å²) in [7, 11) is 0. The Kier molecular flexibility index (Phi) is 9.25. The first-order chi connectivity index (χ1) is 14.6. The molecule has 31 heavy (non-hydrogen) atoms. The molecular weight excluding hydrogens is 440 g/mol. The second-order valence-electron chi connectivity index (χ2n) is 8.79. The summed E-state index contributed by atoms with van der Waals surface area (Å²) >= 11 is 2.26. The van der Waals surface area contributed by atoms with E-state index in [0.717, 1.165) is 80.6 Å². The molecule has 0 bridgehead atoms. The summed E-state index contributed by atoms with van der Waals surface area (Å²) in [5.41, 5.74) is -0.0756. The van der Waals surface area contributed by atoms with E-state index in [1.165, 1.54) is 0 Å². The smallest absolute Gasteiger partial charge is 0.330 e. The van der Waals surface area contributed by atoms with Crippen LogP contribution in [0.1, 0.15) is 64.4 Å². The maximum Gasteiger partial charge on any atom is 0.330 e. The van der Waals surface area contributed by atoms with E-state index in [-0.39, 0.29) is 23.6 Å². The Balaban J connectivity index is 2.39. The van der Waals surface area contributed by atoms with Gasteiger partial charge >= 0.3 is 5.97 Å². The van der Waals surface area contributed by atoms with Gasteiger partial charge < -0.3 is 10.4 Å². The molecule has 2 N–H and O–H groups in total. The molecule has 0 saturated heterocycles. The molecule has 0 spiro atoms. The van der Waals surface area contributed by atoms with Crippen LogP contribution in [-0.4, -0.2) is 33.6 Å². The summed E-state index contributed by atoms with van der Waals surface area (Å²) in [6.45, 7) is 4.25. The highest BCUT2D eigenvalue weighted by Crippen LogP contribution is 2.43. The minimum absolute atomic E-state index is 0.0452. The zero-order valence-electron chi connectivity index (χ0n) is 18.7. The molecule has 0 heterocycles. The summed E-state index contributed by atoms with van der Waals surface area (Å²) < 4.78 is 26.9. The van der Waals surface area contributed by atoms with Crippen molar-refractivity contribution in [1.82, 2.24) is 0 Å². The van der Waals surface area contributed by atoms with Gasteiger partial charge in [0.1, 0.15) is 0 Å². The zero-order valence-corrected chi connectivity index (χ0v) is 20.4. The van der Waals surface area contributed by atoms with Crippen LogP contribution in [-0.2, 0) is 16.0 Å². The van der Waals surface area contributed by atoms with Gasteiger partial charge in [-0.05, 0) is 55.7 Å². The number of rotatable bonds is 10. The normalized spacial score (nSPS) is 16.4. The molecule has 1 aromatic rings. The highest BCUT2D eigenvalue weighted by Gasteiger charge is 2.41. The van der Waals surface area contributed by atoms with Crippen LogP contribution >= 0.6 is 23.5 Å². The van der Waals surface area contributed by atoms with Gasteiger partial charge in [-0.25, -0.2) is 13.6 Å². The second-order valence-corrected chi connectivity index (χ2v) is 11.3. The Morgan fingerprint density at radius 1 is 1.13 bits per heavy atom. The molecule has 1 aromatic carbocycles. The van der Waals surface area contributed by atoms with E-state index in [1.807, 2.05) is 0 Å². The van der Waals surface area contributed by atoms with E-state index in [1.54, 1.807) is 12.5 Å². The van der Waals surface area contributed by atoms with Gasteiger partial charge in [0.25, 0.3) is 0 Å². The number of carboxylic acids is 1. The Labute approximate surface area is 192 Å². The number of carbonyl (C=O) groups excluding carboxylic acids is 1. The summed E-state index contributed by atoms with van der Waals surface area (Å²) in [5, 5.41) is 12.6. The molecule has 1 amide bonds. The maximum atomic E-state index is 14.1. The van der Waals surface area contributed by atoms with E-state index < -0.39 is 27.1 Å². The average molecular weight is 474 g/mol. The molecule has 1 aliphatic rings. The molecule has 4 nitrogen and oxygen atoms in total. The number of amides is 1. The van der Waals surface area contributed by atoms with Crippen molar-refractivity contribution in [3.8, 4) is 0 Å². The number of halogens is 2. The van der Waals surface area contributed by atoms with Gasteiger partial charge in [0, 0.05) is 23.6 Å². The number of hydrogen-bond donors (Lipinski definition) is 2. The van der Waals surface area contributed by atoms with E-state index in [2.05, 4.69) is 19.2 Å². The highest BCUT2D eigenvalue weighted by atomic mass is 32.2. The fourth-order valence-corrected chi connectivity index (χ4v) is 5.83. The molecular formula is C23H33F2NO3S2. The number of hydrogen-bond acceptors (Lipinski definition) is 4. The predicted octanol–water partition coefficient (Wildman–Crippen LogP) is 6.34. The SMILES string of the molecule is CSC(Cc1cc(F)c(F)cc1NC(=O)C1(CCC(C)C)CCCCC1)(SC)C(=O)O. The number of carboxylic acid groups (broad SMARTS) is 1. The minimum Gasteiger partial charge on any atom is -0.480 e. The highest BCUT2D eigenvalue weighted by molar-refractivity contribution is 8.18. The van der Waals surface area contributed by atoms with Crippen LogP contribution < -0.4 is 5.32 Å². The van der Waals surface area contributed by atoms with Crippen LogP contribution in [0.3, 0.4) is 0 Å². The van der Waals surface area contributed by atoms with Crippen LogP contribution in [0.15, 0.2) is 12.1 Å². The molecule has 0 unspecified atom stereocenters. The predicted molar refractivity (Wildman–Crippen MR) is 126 cm³/mol. The number of aliphatic carboxylic acids is 1. The maximum absolute atomic E-state index is 14.1. The third-order valence-electron chi connectivity index (χ3n) is 6.30. The van der Waals surface area contributed by atoms with Crippen LogP contribution in [0.4, 0.5) is 14.5 Å². The lowest BCUT2D eigenvalue weighted by molar-refractivity contribution is -0.137. The molecule has 0 aromatic heterocycles. The standard InChI is InChI=1S/C23H33F2NO3S2/c1-15(2)8-11-22(9-6-5-7-10-22)20(27)26-19-13-18(25)17(24)12-16(19)14-23(30-3,31-4)21(28)29/h12-13,15H,5-11,14H2,1-4H3,(H,26,27)(H,28,29). The van der Waals surface area contributed by atoms with Crippen LogP contribution in [0.25, 0.3) is 0 Å². The zero-order chi connectivity index (χ0) is 23.2. The van der Waals surface area contributed by atoms with Crippen molar-refractivity contribution >= 4 is 41.1 Å². The molecule has 174 valence electrons. The molecule has 1 saturated carbocycles. The quantitative estimate of drug-likeness (QED) is 0.388. The van der Waals surface area contributed by atoms with E-state index in [0.29, 0.717) is 5.92 Å². The van der Waals surface area contributed by atoms with Crippen LogP contribution in [0.5, 0.6) is 0 Å². The van der Waals surface area contributed by atoms with Gasteiger partial charge in [-0.15, -0.1) is 23.5 Å². The average Bonchev–Trinajstić information content (AvgIpc) is 2.74. The van der Waals surface area contributed by atoms with Crippen molar-refractivity contribution in [2.75, 3.05) is 17.8 Å². The largest absolute Gasteiger partial charge is 0.480 e. The van der Waals surface area contributed by atoms with Gasteiger partial charge in [-0.2, -0.15) is 0 Å². The number of anilines is 1. The fraction of sp³-hybridized carbons (Fsp3) is 0.652. The van der Waals surface area contributed by atoms with E-state index >= 15 is 0 Å². The Hall–Kier alpha value is -1.28. The van der Waals surface area contributed by atoms with E-state index in [9.17, 15) is 23.5 Å². The lowest BCUT2D eigenvalue weighted by Gasteiger charge is -2.37. The lowest BCUT2D eigenvalue weighted by Crippen LogP contribution is -2.39. The Morgan fingerprint density at radius 3 is 2.23 bits per heavy atom. The molecule has 1 fully saturated rings. The van der Waals surface area contributed by atoms with Crippen molar-refractivity contribution in [2.24, 2.45) is 11.3 Å². The first-order valence-electron chi connectivity index (χ1n) is 10.7. The second kappa shape index (κ2) is 11.0. The van der Waals surface area contributed by atoms with Gasteiger partial charge in [-0.3, -0.25) is 4.79 Å². The number of carbonyl (C=O) groups is 2. The van der Waals surface area contributed by atoms with Crippen molar-refractivity contribution in [2.45, 2.75) is 69.3 Å². The van der Waals surface area contributed by atoms with Crippen LogP contribution in [0.2, 0.25) is 0 Å². The van der Waals surface area contributed by atoms with Gasteiger partial charge in [0.15, 0.2) is 15.7 Å². The first kappa shape index (κ1) is 26.0. The van der Waals surface area contributed by atoms with Gasteiger partial charge in [0.2, 0.25) is 5.91 Å². The minimum atomic E-state index is -1.26. The fourth-order valence-electron chi connectivity index (χ4n) is 4.22. The topological polar surface area (TPSA) is 66.4 Å². The van der Waals surface area contributed by atoms with Crippen molar-refractivity contribution in [3.05, 3.63) is 29.3 Å². The molecule has 0 radical (unpaired) electrons. The summed E-state index contributed by atoms with van der Waals surface area (Å²) in [4.78, 5) is 25.4. The molecule has 0 aliphatic heterocycles. The van der Waals surface area contributed by atoms with Crippen LogP contribution in [0, 0.1) is 23.0 Å². The van der Waals surface area contributed by atoms with Gasteiger partial charge in [-0.1, -0.05) is 33.1 Å². The molecule has 1 aliphatic carbocycles. The first-order valence-corrected chi connectivity index (χ1v) is 13.2. The number of nitrogens with one attached hydrogen (secondary N) is 1. The third-order valence-corrected chi connectivity index (χ3v) is 9.25. The number of thioether (sulfide) groups is 2. The monoisotopic (exact) mass is 473 g/mol. The summed E-state index contributed by atoms with van der Waals surface area (Å²) in [6, 6.07) is 1.99. The summed E-state index contributed by atoms with van der Waals surface area (Å²) in [5.74, 6) is -2.87. The molecule has 8 heteroatoms.